The molecule has 0 saturated carbocycles. The first-order valence-electron chi connectivity index (χ1n) is 6.61. The van der Waals surface area contributed by atoms with Crippen molar-refractivity contribution < 1.29 is 4.79 Å². The van der Waals surface area contributed by atoms with E-state index < -0.39 is 0 Å². The summed E-state index contributed by atoms with van der Waals surface area (Å²) in [5.41, 5.74) is 1.43. The number of pyridine rings is 1. The monoisotopic (exact) mass is 249 g/mol. The molecule has 0 spiro atoms. The number of amides is 1. The number of hydrogen-bond acceptors (Lipinski definition) is 3. The van der Waals surface area contributed by atoms with Crippen LogP contribution in [-0.4, -0.2) is 24.0 Å². The SMILES string of the molecule is CCCCNc1ccc(C(=O)NCC(C)C)nc1. The Balaban J connectivity index is 2.46. The molecule has 1 amide bonds. The van der Waals surface area contributed by atoms with Crippen molar-refractivity contribution >= 4 is 11.6 Å². The van der Waals surface area contributed by atoms with E-state index in [-0.39, 0.29) is 5.91 Å². The number of aromatic nitrogens is 1. The van der Waals surface area contributed by atoms with Gasteiger partial charge in [0.1, 0.15) is 5.69 Å². The van der Waals surface area contributed by atoms with Gasteiger partial charge in [-0.15, -0.1) is 0 Å². The maximum atomic E-state index is 11.7. The summed E-state index contributed by atoms with van der Waals surface area (Å²) in [5, 5.41) is 6.12. The van der Waals surface area contributed by atoms with Crippen molar-refractivity contribution in [3.63, 3.8) is 0 Å². The van der Waals surface area contributed by atoms with E-state index >= 15 is 0 Å². The number of carbonyl (C=O) groups is 1. The van der Waals surface area contributed by atoms with Crippen LogP contribution in [0.25, 0.3) is 0 Å². The predicted molar refractivity (Wildman–Crippen MR) is 74.8 cm³/mol. The molecule has 1 rings (SSSR count). The lowest BCUT2D eigenvalue weighted by Crippen LogP contribution is -2.27. The van der Waals surface area contributed by atoms with Crippen LogP contribution in [0.1, 0.15) is 44.1 Å². The van der Waals surface area contributed by atoms with Gasteiger partial charge in [0, 0.05) is 13.1 Å². The van der Waals surface area contributed by atoms with Crippen molar-refractivity contribution in [3.8, 4) is 0 Å². The minimum Gasteiger partial charge on any atom is -0.384 e. The maximum Gasteiger partial charge on any atom is 0.269 e. The largest absolute Gasteiger partial charge is 0.384 e. The number of rotatable bonds is 7. The Labute approximate surface area is 109 Å². The number of nitrogens with one attached hydrogen (secondary N) is 2. The number of unbranched alkanes of at least 4 members (excludes halogenated alkanes) is 1. The van der Waals surface area contributed by atoms with Gasteiger partial charge in [-0.25, -0.2) is 4.98 Å². The molecular formula is C14H23N3O. The molecule has 0 saturated heterocycles. The van der Waals surface area contributed by atoms with Crippen molar-refractivity contribution in [2.45, 2.75) is 33.6 Å². The van der Waals surface area contributed by atoms with E-state index in [1.54, 1.807) is 12.3 Å². The molecule has 1 aromatic heterocycles. The van der Waals surface area contributed by atoms with Crippen LogP contribution in [0.4, 0.5) is 5.69 Å². The van der Waals surface area contributed by atoms with Gasteiger partial charge in [-0.2, -0.15) is 0 Å². The molecule has 4 nitrogen and oxygen atoms in total. The average Bonchev–Trinajstić information content (AvgIpc) is 2.37. The molecule has 0 aliphatic carbocycles. The average molecular weight is 249 g/mol. The fourth-order valence-corrected chi connectivity index (χ4v) is 1.43. The fourth-order valence-electron chi connectivity index (χ4n) is 1.43. The lowest BCUT2D eigenvalue weighted by molar-refractivity contribution is 0.0944. The quantitative estimate of drug-likeness (QED) is 0.730. The highest BCUT2D eigenvalue weighted by Gasteiger charge is 2.06. The normalized spacial score (nSPS) is 10.4. The van der Waals surface area contributed by atoms with E-state index in [2.05, 4.69) is 36.4 Å². The highest BCUT2D eigenvalue weighted by Crippen LogP contribution is 2.06. The fraction of sp³-hybridized carbons (Fsp3) is 0.571. The van der Waals surface area contributed by atoms with Crippen LogP contribution in [0.3, 0.4) is 0 Å². The molecule has 1 heterocycles. The number of hydrogen-bond donors (Lipinski definition) is 2. The first-order chi connectivity index (χ1) is 8.63. The Bertz CT molecular complexity index is 360. The highest BCUT2D eigenvalue weighted by molar-refractivity contribution is 5.92. The molecule has 18 heavy (non-hydrogen) atoms. The van der Waals surface area contributed by atoms with Crippen LogP contribution in [-0.2, 0) is 0 Å². The summed E-state index contributed by atoms with van der Waals surface area (Å²) < 4.78 is 0. The van der Waals surface area contributed by atoms with Crippen LogP contribution in [0, 0.1) is 5.92 Å². The standard InChI is InChI=1S/C14H23N3O/c1-4-5-8-15-12-6-7-13(16-10-12)14(18)17-9-11(2)3/h6-7,10-11,15H,4-5,8-9H2,1-3H3,(H,17,18). The zero-order chi connectivity index (χ0) is 13.4. The smallest absolute Gasteiger partial charge is 0.269 e. The second-order valence-corrected chi connectivity index (χ2v) is 4.82. The molecule has 0 radical (unpaired) electrons. The van der Waals surface area contributed by atoms with Crippen molar-refractivity contribution in [1.82, 2.24) is 10.3 Å². The molecule has 4 heteroatoms. The molecule has 0 aliphatic heterocycles. The third-order valence-electron chi connectivity index (χ3n) is 2.53. The summed E-state index contributed by atoms with van der Waals surface area (Å²) in [4.78, 5) is 15.9. The molecule has 2 N–H and O–H groups in total. The number of anilines is 1. The Morgan fingerprint density at radius 3 is 2.72 bits per heavy atom. The van der Waals surface area contributed by atoms with E-state index in [1.165, 1.54) is 0 Å². The van der Waals surface area contributed by atoms with Gasteiger partial charge >= 0.3 is 0 Å². The molecule has 0 bridgehead atoms. The van der Waals surface area contributed by atoms with Gasteiger partial charge in [0.25, 0.3) is 5.91 Å². The summed E-state index contributed by atoms with van der Waals surface area (Å²) in [7, 11) is 0. The Morgan fingerprint density at radius 2 is 2.17 bits per heavy atom. The van der Waals surface area contributed by atoms with E-state index in [4.69, 9.17) is 0 Å². The van der Waals surface area contributed by atoms with E-state index in [0.29, 0.717) is 18.2 Å². The summed E-state index contributed by atoms with van der Waals surface area (Å²) in [5.74, 6) is 0.341. The Kier molecular flexibility index (Phi) is 6.19. The molecule has 100 valence electrons. The molecule has 0 fully saturated rings. The minimum absolute atomic E-state index is 0.108. The van der Waals surface area contributed by atoms with Crippen LogP contribution in [0.2, 0.25) is 0 Å². The predicted octanol–water partition coefficient (Wildman–Crippen LogP) is 2.68. The van der Waals surface area contributed by atoms with E-state index in [1.807, 2.05) is 6.07 Å². The summed E-state index contributed by atoms with van der Waals surface area (Å²) >= 11 is 0. The van der Waals surface area contributed by atoms with Crippen LogP contribution in [0.5, 0.6) is 0 Å². The summed E-state index contributed by atoms with van der Waals surface area (Å²) in [6.45, 7) is 7.90. The molecule has 0 atom stereocenters. The van der Waals surface area contributed by atoms with Crippen molar-refractivity contribution in [3.05, 3.63) is 24.0 Å². The van der Waals surface area contributed by atoms with Gasteiger partial charge in [-0.05, 0) is 24.5 Å². The Morgan fingerprint density at radius 1 is 1.39 bits per heavy atom. The van der Waals surface area contributed by atoms with Gasteiger partial charge in [0.05, 0.1) is 11.9 Å². The molecule has 1 aromatic rings. The summed E-state index contributed by atoms with van der Waals surface area (Å²) in [6, 6.07) is 3.65. The zero-order valence-electron chi connectivity index (χ0n) is 11.5. The summed E-state index contributed by atoms with van der Waals surface area (Å²) in [6.07, 6.45) is 4.01. The first kappa shape index (κ1) is 14.5. The molecule has 0 aliphatic rings. The van der Waals surface area contributed by atoms with Crippen molar-refractivity contribution in [2.75, 3.05) is 18.4 Å². The van der Waals surface area contributed by atoms with Crippen molar-refractivity contribution in [1.29, 1.82) is 0 Å². The topological polar surface area (TPSA) is 54.0 Å². The first-order valence-corrected chi connectivity index (χ1v) is 6.61. The van der Waals surface area contributed by atoms with Gasteiger partial charge in [0.15, 0.2) is 0 Å². The lowest BCUT2D eigenvalue weighted by Gasteiger charge is -2.08. The van der Waals surface area contributed by atoms with Crippen LogP contribution in [0.15, 0.2) is 18.3 Å². The van der Waals surface area contributed by atoms with E-state index in [0.717, 1.165) is 25.1 Å². The van der Waals surface area contributed by atoms with Gasteiger partial charge in [0.2, 0.25) is 0 Å². The van der Waals surface area contributed by atoms with Crippen molar-refractivity contribution in [2.24, 2.45) is 5.92 Å². The second kappa shape index (κ2) is 7.69. The van der Waals surface area contributed by atoms with Crippen LogP contribution < -0.4 is 10.6 Å². The molecule has 0 aromatic carbocycles. The van der Waals surface area contributed by atoms with Gasteiger partial charge in [-0.1, -0.05) is 27.2 Å². The lowest BCUT2D eigenvalue weighted by atomic mass is 10.2. The van der Waals surface area contributed by atoms with Gasteiger partial charge < -0.3 is 10.6 Å². The van der Waals surface area contributed by atoms with E-state index in [9.17, 15) is 4.79 Å². The Hall–Kier alpha value is -1.58. The molecule has 0 unspecified atom stereocenters. The second-order valence-electron chi connectivity index (χ2n) is 4.82. The third kappa shape index (κ3) is 5.17. The van der Waals surface area contributed by atoms with Crippen LogP contribution >= 0.6 is 0 Å². The minimum atomic E-state index is -0.108. The zero-order valence-corrected chi connectivity index (χ0v) is 11.5. The maximum absolute atomic E-state index is 11.7. The third-order valence-corrected chi connectivity index (χ3v) is 2.53. The molecular weight excluding hydrogens is 226 g/mol. The number of nitrogens with zero attached hydrogens (tertiary/aromatic N) is 1. The highest BCUT2D eigenvalue weighted by atomic mass is 16.1. The number of carbonyl (C=O) groups excluding carboxylic acids is 1. The van der Waals surface area contributed by atoms with Gasteiger partial charge in [-0.3, -0.25) is 4.79 Å².